The fraction of sp³-hybridized carbons (Fsp3) is 0.200. The van der Waals surface area contributed by atoms with Crippen molar-refractivity contribution in [1.82, 2.24) is 14.9 Å². The number of hydrogen-bond acceptors (Lipinski definition) is 4. The lowest BCUT2D eigenvalue weighted by Crippen LogP contribution is -2.27. The zero-order valence-electron chi connectivity index (χ0n) is 15.4. The van der Waals surface area contributed by atoms with E-state index in [1.807, 2.05) is 0 Å². The summed E-state index contributed by atoms with van der Waals surface area (Å²) >= 11 is 0. The van der Waals surface area contributed by atoms with E-state index in [0.29, 0.717) is 24.3 Å². The summed E-state index contributed by atoms with van der Waals surface area (Å²) in [6.45, 7) is -2.65. The summed E-state index contributed by atoms with van der Waals surface area (Å²) < 4.78 is 48.9. The van der Waals surface area contributed by atoms with Gasteiger partial charge in [0.1, 0.15) is 11.5 Å². The predicted molar refractivity (Wildman–Crippen MR) is 99.2 cm³/mol. The van der Waals surface area contributed by atoms with Crippen molar-refractivity contribution in [2.45, 2.75) is 13.0 Å². The highest BCUT2D eigenvalue weighted by molar-refractivity contribution is 5.93. The Kier molecular flexibility index (Phi) is 6.38. The minimum atomic E-state index is -2.94. The van der Waals surface area contributed by atoms with E-state index in [1.165, 1.54) is 37.8 Å². The molecule has 152 valence electrons. The summed E-state index contributed by atoms with van der Waals surface area (Å²) in [5.74, 6) is -0.598. The first kappa shape index (κ1) is 20.2. The first-order valence-electron chi connectivity index (χ1n) is 8.66. The van der Waals surface area contributed by atoms with Crippen LogP contribution in [0.4, 0.5) is 13.2 Å². The molecule has 0 atom stereocenters. The lowest BCUT2D eigenvalue weighted by molar-refractivity contribution is -0.0512. The molecule has 0 bridgehead atoms. The van der Waals surface area contributed by atoms with Crippen molar-refractivity contribution in [3.63, 3.8) is 0 Å². The molecule has 1 amide bonds. The monoisotopic (exact) mass is 405 g/mol. The van der Waals surface area contributed by atoms with Gasteiger partial charge in [-0.15, -0.1) is 0 Å². The molecule has 1 aromatic heterocycles. The molecule has 3 rings (SSSR count). The number of imidazole rings is 1. The van der Waals surface area contributed by atoms with Crippen LogP contribution in [0.3, 0.4) is 0 Å². The van der Waals surface area contributed by atoms with Crippen molar-refractivity contribution in [2.75, 3.05) is 13.7 Å². The van der Waals surface area contributed by atoms with Crippen LogP contribution >= 0.6 is 0 Å². The molecule has 29 heavy (non-hydrogen) atoms. The average Bonchev–Trinajstić information content (AvgIpc) is 3.19. The molecule has 1 N–H and O–H groups in total. The Hall–Kier alpha value is -3.49. The largest absolute Gasteiger partial charge is 0.493 e. The number of carbonyl (C=O) groups excluding carboxylic acids is 1. The number of ether oxygens (including phenoxy) is 2. The number of carbonyl (C=O) groups is 1. The Bertz CT molecular complexity index is 975. The highest BCUT2D eigenvalue weighted by atomic mass is 19.3. The Morgan fingerprint density at radius 3 is 2.62 bits per heavy atom. The second-order valence-corrected chi connectivity index (χ2v) is 5.99. The van der Waals surface area contributed by atoms with Gasteiger partial charge in [-0.25, -0.2) is 9.37 Å². The van der Waals surface area contributed by atoms with E-state index in [0.717, 1.165) is 5.56 Å². The number of nitrogens with zero attached hydrogens (tertiary/aromatic N) is 2. The van der Waals surface area contributed by atoms with Crippen LogP contribution in [0.1, 0.15) is 16.1 Å². The zero-order chi connectivity index (χ0) is 20.8. The molecule has 2 aromatic carbocycles. The molecule has 0 radical (unpaired) electrons. The molecule has 3 aromatic rings. The average molecular weight is 405 g/mol. The molecule has 0 saturated heterocycles. The van der Waals surface area contributed by atoms with Crippen molar-refractivity contribution in [2.24, 2.45) is 0 Å². The van der Waals surface area contributed by atoms with Gasteiger partial charge < -0.3 is 14.8 Å². The van der Waals surface area contributed by atoms with Crippen molar-refractivity contribution < 1.29 is 27.4 Å². The summed E-state index contributed by atoms with van der Waals surface area (Å²) in [5.41, 5.74) is 1.68. The quantitative estimate of drug-likeness (QED) is 0.622. The highest BCUT2D eigenvalue weighted by Gasteiger charge is 2.14. The van der Waals surface area contributed by atoms with Gasteiger partial charge in [0, 0.05) is 12.2 Å². The number of rotatable bonds is 8. The molecule has 0 aliphatic carbocycles. The highest BCUT2D eigenvalue weighted by Crippen LogP contribution is 2.29. The summed E-state index contributed by atoms with van der Waals surface area (Å²) in [7, 11) is 1.36. The third-order valence-electron chi connectivity index (χ3n) is 4.12. The summed E-state index contributed by atoms with van der Waals surface area (Å²) in [6, 6.07) is 10.3. The van der Waals surface area contributed by atoms with E-state index in [-0.39, 0.29) is 23.2 Å². The van der Waals surface area contributed by atoms with Crippen LogP contribution in [0.15, 0.2) is 55.0 Å². The number of methoxy groups -OCH3 is 1. The molecule has 0 unspecified atom stereocenters. The molecular weight excluding hydrogens is 387 g/mol. The van der Waals surface area contributed by atoms with Crippen molar-refractivity contribution in [1.29, 1.82) is 0 Å². The number of nitrogens with one attached hydrogen (secondary N) is 1. The first-order chi connectivity index (χ1) is 14.0. The zero-order valence-corrected chi connectivity index (χ0v) is 15.4. The SMILES string of the molecule is COc1cc(CCNC(=O)c2cncn2-c2ccc(F)cc2)ccc1OC(F)F. The Morgan fingerprint density at radius 1 is 1.17 bits per heavy atom. The van der Waals surface area contributed by atoms with Gasteiger partial charge in [0.25, 0.3) is 5.91 Å². The normalized spacial score (nSPS) is 10.8. The Labute approximate surface area is 164 Å². The smallest absolute Gasteiger partial charge is 0.387 e. The third-order valence-corrected chi connectivity index (χ3v) is 4.12. The van der Waals surface area contributed by atoms with E-state index >= 15 is 0 Å². The van der Waals surface area contributed by atoms with Gasteiger partial charge in [-0.3, -0.25) is 9.36 Å². The number of amides is 1. The first-order valence-corrected chi connectivity index (χ1v) is 8.66. The van der Waals surface area contributed by atoms with Crippen LogP contribution in [0, 0.1) is 5.82 Å². The lowest BCUT2D eigenvalue weighted by atomic mass is 10.1. The molecule has 0 aliphatic rings. The number of halogens is 3. The number of alkyl halides is 2. The van der Waals surface area contributed by atoms with Crippen LogP contribution in [-0.4, -0.2) is 35.7 Å². The van der Waals surface area contributed by atoms with Crippen LogP contribution in [0.25, 0.3) is 5.69 Å². The Balaban J connectivity index is 1.62. The molecule has 9 heteroatoms. The number of aromatic nitrogens is 2. The van der Waals surface area contributed by atoms with E-state index < -0.39 is 6.61 Å². The second-order valence-electron chi connectivity index (χ2n) is 5.99. The maximum atomic E-state index is 13.1. The molecule has 0 saturated carbocycles. The van der Waals surface area contributed by atoms with Crippen LogP contribution in [0.2, 0.25) is 0 Å². The van der Waals surface area contributed by atoms with Gasteiger partial charge in [-0.1, -0.05) is 6.07 Å². The fourth-order valence-corrected chi connectivity index (χ4v) is 2.74. The maximum absolute atomic E-state index is 13.1. The molecule has 1 heterocycles. The molecule has 0 spiro atoms. The van der Waals surface area contributed by atoms with Crippen molar-refractivity contribution in [3.05, 3.63) is 72.1 Å². The second kappa shape index (κ2) is 9.13. The van der Waals surface area contributed by atoms with E-state index in [2.05, 4.69) is 15.0 Å². The van der Waals surface area contributed by atoms with Gasteiger partial charge in [0.15, 0.2) is 11.5 Å². The van der Waals surface area contributed by atoms with Gasteiger partial charge >= 0.3 is 6.61 Å². The summed E-state index contributed by atoms with van der Waals surface area (Å²) in [5, 5.41) is 2.77. The minimum Gasteiger partial charge on any atom is -0.493 e. The van der Waals surface area contributed by atoms with Gasteiger partial charge in [-0.2, -0.15) is 8.78 Å². The molecule has 0 aliphatic heterocycles. The van der Waals surface area contributed by atoms with Gasteiger partial charge in [0.2, 0.25) is 0 Å². The fourth-order valence-electron chi connectivity index (χ4n) is 2.74. The van der Waals surface area contributed by atoms with Crippen molar-refractivity contribution in [3.8, 4) is 17.2 Å². The predicted octanol–water partition coefficient (Wildman–Crippen LogP) is 3.59. The minimum absolute atomic E-state index is 0.0570. The van der Waals surface area contributed by atoms with E-state index in [9.17, 15) is 18.0 Å². The molecule has 6 nitrogen and oxygen atoms in total. The van der Waals surface area contributed by atoms with Crippen LogP contribution < -0.4 is 14.8 Å². The van der Waals surface area contributed by atoms with E-state index in [4.69, 9.17) is 4.74 Å². The van der Waals surface area contributed by atoms with Crippen LogP contribution in [0.5, 0.6) is 11.5 Å². The lowest BCUT2D eigenvalue weighted by Gasteiger charge is -2.12. The topological polar surface area (TPSA) is 65.4 Å². The van der Waals surface area contributed by atoms with Gasteiger partial charge in [-0.05, 0) is 48.4 Å². The standard InChI is InChI=1S/C20H18F3N3O3/c1-28-18-10-13(2-7-17(18)29-20(22)23)8-9-25-19(27)16-11-24-12-26(16)15-5-3-14(21)4-6-15/h2-7,10-12,20H,8-9H2,1H3,(H,25,27). The van der Waals surface area contributed by atoms with Gasteiger partial charge in [0.05, 0.1) is 19.6 Å². The van der Waals surface area contributed by atoms with E-state index in [1.54, 1.807) is 28.8 Å². The summed E-state index contributed by atoms with van der Waals surface area (Å²) in [6.07, 6.45) is 3.33. The number of benzene rings is 2. The third kappa shape index (κ3) is 5.07. The summed E-state index contributed by atoms with van der Waals surface area (Å²) in [4.78, 5) is 16.5. The maximum Gasteiger partial charge on any atom is 0.387 e. The molecular formula is C20H18F3N3O3. The van der Waals surface area contributed by atoms with Crippen molar-refractivity contribution >= 4 is 5.91 Å². The van der Waals surface area contributed by atoms with Crippen LogP contribution in [-0.2, 0) is 6.42 Å². The number of hydrogen-bond donors (Lipinski definition) is 1. The molecule has 0 fully saturated rings. The Morgan fingerprint density at radius 2 is 1.93 bits per heavy atom.